The number of halogens is 3. The van der Waals surface area contributed by atoms with Gasteiger partial charge in [0.1, 0.15) is 0 Å². The van der Waals surface area contributed by atoms with E-state index in [1.807, 2.05) is 0 Å². The van der Waals surface area contributed by atoms with Gasteiger partial charge in [0, 0.05) is 12.1 Å². The first-order chi connectivity index (χ1) is 14.3. The van der Waals surface area contributed by atoms with E-state index in [0.29, 0.717) is 30.0 Å². The molecule has 2 fully saturated rings. The second kappa shape index (κ2) is 8.45. The highest BCUT2D eigenvalue weighted by atomic mass is 19.4. The van der Waals surface area contributed by atoms with Gasteiger partial charge in [-0.2, -0.15) is 13.2 Å². The van der Waals surface area contributed by atoms with Crippen molar-refractivity contribution in [1.82, 2.24) is 10.4 Å². The van der Waals surface area contributed by atoms with Crippen molar-refractivity contribution in [2.75, 3.05) is 6.54 Å². The predicted octanol–water partition coefficient (Wildman–Crippen LogP) is 3.79. The van der Waals surface area contributed by atoms with Crippen molar-refractivity contribution in [3.05, 3.63) is 34.9 Å². The number of alkyl halides is 3. The third-order valence-corrected chi connectivity index (χ3v) is 6.46. The summed E-state index contributed by atoms with van der Waals surface area (Å²) in [6.45, 7) is 0.651. The second-order valence-corrected chi connectivity index (χ2v) is 8.44. The Morgan fingerprint density at radius 3 is 2.70 bits per heavy atom. The molecule has 1 aromatic carbocycles. The second-order valence-electron chi connectivity index (χ2n) is 8.44. The minimum Gasteiger partial charge on any atom is -0.370 e. The summed E-state index contributed by atoms with van der Waals surface area (Å²) >= 11 is 0. The van der Waals surface area contributed by atoms with Crippen molar-refractivity contribution in [2.45, 2.75) is 69.8 Å². The minimum absolute atomic E-state index is 0.0456. The molecule has 6 nitrogen and oxygen atoms in total. The van der Waals surface area contributed by atoms with Crippen LogP contribution in [0.1, 0.15) is 61.6 Å². The van der Waals surface area contributed by atoms with Crippen LogP contribution in [-0.2, 0) is 17.4 Å². The highest BCUT2D eigenvalue weighted by molar-refractivity contribution is 5.99. The van der Waals surface area contributed by atoms with Crippen molar-refractivity contribution >= 4 is 11.8 Å². The summed E-state index contributed by atoms with van der Waals surface area (Å²) in [7, 11) is 0. The summed E-state index contributed by atoms with van der Waals surface area (Å²) in [6.07, 6.45) is 2.45. The molecule has 9 heteroatoms. The maximum Gasteiger partial charge on any atom is 0.416 e. The van der Waals surface area contributed by atoms with Gasteiger partial charge in [0.15, 0.2) is 18.0 Å². The fourth-order valence-corrected chi connectivity index (χ4v) is 4.85. The van der Waals surface area contributed by atoms with Crippen LogP contribution in [0.2, 0.25) is 0 Å². The SMILES string of the molecule is N=C(N)N1CCCC1C1N=C(c2ccc(CCC3CCCC3)c(C(F)(F)F)c2)NO1. The Kier molecular flexibility index (Phi) is 5.90. The molecule has 1 saturated heterocycles. The van der Waals surface area contributed by atoms with Crippen molar-refractivity contribution in [3.63, 3.8) is 0 Å². The van der Waals surface area contributed by atoms with Gasteiger partial charge in [-0.05, 0) is 43.2 Å². The third-order valence-electron chi connectivity index (χ3n) is 6.46. The van der Waals surface area contributed by atoms with Gasteiger partial charge >= 0.3 is 6.18 Å². The summed E-state index contributed by atoms with van der Waals surface area (Å²) < 4.78 is 41.2. The third kappa shape index (κ3) is 4.40. The van der Waals surface area contributed by atoms with E-state index in [0.717, 1.165) is 32.1 Å². The predicted molar refractivity (Wildman–Crippen MR) is 108 cm³/mol. The van der Waals surface area contributed by atoms with Gasteiger partial charge in [0.25, 0.3) is 0 Å². The Morgan fingerprint density at radius 1 is 1.23 bits per heavy atom. The van der Waals surface area contributed by atoms with Gasteiger partial charge in [-0.3, -0.25) is 5.41 Å². The largest absolute Gasteiger partial charge is 0.416 e. The number of nitrogens with two attached hydrogens (primary N) is 1. The minimum atomic E-state index is -4.42. The van der Waals surface area contributed by atoms with Crippen molar-refractivity contribution in [2.24, 2.45) is 16.6 Å². The van der Waals surface area contributed by atoms with Gasteiger partial charge in [-0.25, -0.2) is 15.3 Å². The van der Waals surface area contributed by atoms with E-state index in [2.05, 4.69) is 10.5 Å². The van der Waals surface area contributed by atoms with Crippen LogP contribution >= 0.6 is 0 Å². The number of likely N-dealkylation sites (tertiary alicyclic amines) is 1. The topological polar surface area (TPSA) is 86.7 Å². The molecule has 30 heavy (non-hydrogen) atoms. The number of rotatable bonds is 5. The molecule has 1 aliphatic carbocycles. The van der Waals surface area contributed by atoms with Crippen LogP contribution in [0.5, 0.6) is 0 Å². The Bertz CT molecular complexity index is 819. The van der Waals surface area contributed by atoms with Gasteiger partial charge < -0.3 is 10.6 Å². The maximum atomic E-state index is 13.7. The van der Waals surface area contributed by atoms with Crippen LogP contribution in [0.4, 0.5) is 13.2 Å². The molecule has 164 valence electrons. The number of guanidine groups is 1. The molecule has 2 aliphatic heterocycles. The quantitative estimate of drug-likeness (QED) is 0.497. The van der Waals surface area contributed by atoms with Crippen molar-refractivity contribution in [3.8, 4) is 0 Å². The van der Waals surface area contributed by atoms with Gasteiger partial charge in [-0.1, -0.05) is 37.8 Å². The van der Waals surface area contributed by atoms with Crippen LogP contribution in [0, 0.1) is 11.3 Å². The molecular weight excluding hydrogens is 395 g/mol. The first-order valence-electron chi connectivity index (χ1n) is 10.6. The highest BCUT2D eigenvalue weighted by Crippen LogP contribution is 2.36. The molecule has 3 aliphatic rings. The summed E-state index contributed by atoms with van der Waals surface area (Å²) in [5.74, 6) is 0.774. The molecule has 2 unspecified atom stereocenters. The number of amidine groups is 1. The number of aryl methyl sites for hydroxylation is 1. The fraction of sp³-hybridized carbons (Fsp3) is 0.619. The average molecular weight is 423 g/mol. The van der Waals surface area contributed by atoms with Crippen LogP contribution in [0.25, 0.3) is 0 Å². The first-order valence-corrected chi connectivity index (χ1v) is 10.6. The highest BCUT2D eigenvalue weighted by Gasteiger charge is 2.38. The maximum absolute atomic E-state index is 13.7. The lowest BCUT2D eigenvalue weighted by Gasteiger charge is -2.26. The first kappa shape index (κ1) is 21.0. The summed E-state index contributed by atoms with van der Waals surface area (Å²) in [5, 5.41) is 7.68. The Labute approximate surface area is 174 Å². The molecule has 1 aromatic rings. The average Bonchev–Trinajstić information content (AvgIpc) is 3.46. The lowest BCUT2D eigenvalue weighted by atomic mass is 9.94. The van der Waals surface area contributed by atoms with E-state index in [1.165, 1.54) is 18.9 Å². The standard InChI is InChI=1S/C21H28F3N5O/c22-21(23,24)16-12-15(10-9-14(16)8-7-13-4-1-2-5-13)18-27-19(30-28-18)17-6-3-11-29(17)20(25)26/h9-10,12-13,17,19H,1-8,11H2,(H3,25,26)(H,27,28). The van der Waals surface area contributed by atoms with Crippen LogP contribution < -0.4 is 11.2 Å². The number of nitrogens with zero attached hydrogens (tertiary/aromatic N) is 2. The van der Waals surface area contributed by atoms with Crippen molar-refractivity contribution in [1.29, 1.82) is 5.41 Å². The normalized spacial score (nSPS) is 24.9. The molecular formula is C21H28F3N5O. The van der Waals surface area contributed by atoms with Gasteiger partial charge in [0.2, 0.25) is 0 Å². The zero-order valence-corrected chi connectivity index (χ0v) is 16.8. The number of hydroxylamine groups is 1. The van der Waals surface area contributed by atoms with E-state index >= 15 is 0 Å². The smallest absolute Gasteiger partial charge is 0.370 e. The molecule has 2 atom stereocenters. The Morgan fingerprint density at radius 2 is 2.00 bits per heavy atom. The molecule has 0 radical (unpaired) electrons. The summed E-state index contributed by atoms with van der Waals surface area (Å²) in [6, 6.07) is 4.22. The van der Waals surface area contributed by atoms with E-state index < -0.39 is 18.0 Å². The van der Waals surface area contributed by atoms with Gasteiger partial charge in [-0.15, -0.1) is 0 Å². The molecule has 4 rings (SSSR count). The van der Waals surface area contributed by atoms with E-state index in [9.17, 15) is 13.2 Å². The van der Waals surface area contributed by atoms with Crippen LogP contribution in [-0.4, -0.2) is 35.5 Å². The molecule has 2 heterocycles. The number of hydrogen-bond acceptors (Lipinski definition) is 4. The number of aliphatic imine (C=N–C) groups is 1. The zero-order chi connectivity index (χ0) is 21.3. The number of nitrogens with one attached hydrogen (secondary N) is 2. The van der Waals surface area contributed by atoms with Crippen LogP contribution in [0.15, 0.2) is 23.2 Å². The van der Waals surface area contributed by atoms with E-state index in [1.54, 1.807) is 17.0 Å². The molecule has 0 aromatic heterocycles. The fourth-order valence-electron chi connectivity index (χ4n) is 4.85. The van der Waals surface area contributed by atoms with E-state index in [4.69, 9.17) is 16.0 Å². The summed E-state index contributed by atoms with van der Waals surface area (Å²) in [5.41, 5.74) is 8.39. The van der Waals surface area contributed by atoms with Gasteiger partial charge in [0.05, 0.1) is 11.6 Å². The Balaban J connectivity index is 1.53. The monoisotopic (exact) mass is 423 g/mol. The van der Waals surface area contributed by atoms with Crippen molar-refractivity contribution < 1.29 is 18.0 Å². The molecule has 0 bridgehead atoms. The summed E-state index contributed by atoms with van der Waals surface area (Å²) in [4.78, 5) is 11.7. The lowest BCUT2D eigenvalue weighted by Crippen LogP contribution is -2.45. The zero-order valence-electron chi connectivity index (χ0n) is 16.8. The molecule has 0 spiro atoms. The Hall–Kier alpha value is -2.29. The molecule has 1 saturated carbocycles. The van der Waals surface area contributed by atoms with E-state index in [-0.39, 0.29) is 17.8 Å². The molecule has 4 N–H and O–H groups in total. The molecule has 0 amide bonds. The van der Waals surface area contributed by atoms with Crippen LogP contribution in [0.3, 0.4) is 0 Å². The number of hydrogen-bond donors (Lipinski definition) is 3. The lowest BCUT2D eigenvalue weighted by molar-refractivity contribution is -0.138. The number of benzene rings is 1.